The Morgan fingerprint density at radius 3 is 2.21 bits per heavy atom. The number of carboxylic acids is 1. The van der Waals surface area contributed by atoms with E-state index in [0.29, 0.717) is 12.8 Å². The fourth-order valence-corrected chi connectivity index (χ4v) is 4.63. The summed E-state index contributed by atoms with van der Waals surface area (Å²) in [6.45, 7) is 0.372. The number of hydrogen-bond donors (Lipinski definition) is 2. The van der Waals surface area contributed by atoms with E-state index in [4.69, 9.17) is 14.6 Å². The molecule has 2 aromatic carbocycles. The Morgan fingerprint density at radius 2 is 1.64 bits per heavy atom. The number of methoxy groups -OCH3 is 1. The second-order valence-electron chi connectivity index (χ2n) is 8.48. The molecular formula is C25H28N2O6. The molecule has 2 aliphatic carbocycles. The summed E-state index contributed by atoms with van der Waals surface area (Å²) in [5.41, 5.74) is 4.63. The zero-order valence-corrected chi connectivity index (χ0v) is 18.5. The zero-order valence-electron chi connectivity index (χ0n) is 18.5. The Hall–Kier alpha value is -3.39. The summed E-state index contributed by atoms with van der Waals surface area (Å²) >= 11 is 0. The van der Waals surface area contributed by atoms with Crippen molar-refractivity contribution in [3.63, 3.8) is 0 Å². The first kappa shape index (κ1) is 22.8. The summed E-state index contributed by atoms with van der Waals surface area (Å²) in [6.07, 6.45) is 0.424. The molecule has 8 heteroatoms. The summed E-state index contributed by atoms with van der Waals surface area (Å²) < 4.78 is 10.5. The number of hydrogen-bond acceptors (Lipinski definition) is 5. The average molecular weight is 453 g/mol. The lowest BCUT2D eigenvalue weighted by Crippen LogP contribution is -2.51. The van der Waals surface area contributed by atoms with Crippen LogP contribution in [0.2, 0.25) is 0 Å². The molecule has 4 rings (SSSR count). The maximum Gasteiger partial charge on any atom is 0.407 e. The van der Waals surface area contributed by atoms with Crippen molar-refractivity contribution in [1.82, 2.24) is 10.2 Å². The quantitative estimate of drug-likeness (QED) is 0.606. The van der Waals surface area contributed by atoms with Gasteiger partial charge in [-0.25, -0.2) is 4.79 Å². The second kappa shape index (κ2) is 10.0. The third-order valence-electron chi connectivity index (χ3n) is 6.36. The number of aliphatic carboxylic acids is 1. The summed E-state index contributed by atoms with van der Waals surface area (Å²) in [5.74, 6) is -1.60. The van der Waals surface area contributed by atoms with Crippen LogP contribution in [0.3, 0.4) is 0 Å². The van der Waals surface area contributed by atoms with E-state index in [1.54, 1.807) is 0 Å². The highest BCUT2D eigenvalue weighted by Gasteiger charge is 2.38. The summed E-state index contributed by atoms with van der Waals surface area (Å²) in [4.78, 5) is 37.3. The van der Waals surface area contributed by atoms with Crippen molar-refractivity contribution in [2.45, 2.75) is 24.8 Å². The van der Waals surface area contributed by atoms with Crippen LogP contribution in [0.5, 0.6) is 0 Å². The molecule has 0 heterocycles. The number of carboxylic acid groups (broad SMARTS) is 1. The second-order valence-corrected chi connectivity index (χ2v) is 8.48. The van der Waals surface area contributed by atoms with Crippen molar-refractivity contribution in [2.75, 3.05) is 33.4 Å². The number of ether oxygens (including phenoxy) is 2. The van der Waals surface area contributed by atoms with E-state index < -0.39 is 12.1 Å². The molecule has 0 spiro atoms. The van der Waals surface area contributed by atoms with Crippen LogP contribution in [0, 0.1) is 5.92 Å². The third-order valence-corrected chi connectivity index (χ3v) is 6.36. The SMILES string of the molecule is COCCN(CC(=O)O)C(=O)C1CC(NC(=O)OCC2c3ccccc3-c3ccccc32)C1. The van der Waals surface area contributed by atoms with Gasteiger partial charge in [0.25, 0.3) is 0 Å². The van der Waals surface area contributed by atoms with E-state index in [0.717, 1.165) is 11.1 Å². The first-order valence-corrected chi connectivity index (χ1v) is 11.1. The van der Waals surface area contributed by atoms with Gasteiger partial charge in [-0.1, -0.05) is 48.5 Å². The number of alkyl carbamates (subject to hydrolysis) is 1. The van der Waals surface area contributed by atoms with Gasteiger partial charge >= 0.3 is 12.1 Å². The molecule has 0 aliphatic heterocycles. The van der Waals surface area contributed by atoms with Gasteiger partial charge in [-0.3, -0.25) is 9.59 Å². The molecule has 8 nitrogen and oxygen atoms in total. The smallest absolute Gasteiger partial charge is 0.407 e. The minimum absolute atomic E-state index is 0.00997. The van der Waals surface area contributed by atoms with Gasteiger partial charge in [0.2, 0.25) is 5.91 Å². The van der Waals surface area contributed by atoms with Crippen LogP contribution in [-0.2, 0) is 19.1 Å². The molecule has 2 N–H and O–H groups in total. The minimum atomic E-state index is -1.06. The molecule has 0 bridgehead atoms. The molecule has 0 radical (unpaired) electrons. The van der Waals surface area contributed by atoms with E-state index >= 15 is 0 Å². The van der Waals surface area contributed by atoms with Crippen LogP contribution >= 0.6 is 0 Å². The van der Waals surface area contributed by atoms with Crippen LogP contribution in [0.25, 0.3) is 11.1 Å². The minimum Gasteiger partial charge on any atom is -0.480 e. The molecular weight excluding hydrogens is 424 g/mol. The van der Waals surface area contributed by atoms with E-state index in [1.165, 1.54) is 23.1 Å². The van der Waals surface area contributed by atoms with Gasteiger partial charge < -0.3 is 24.8 Å². The van der Waals surface area contributed by atoms with Gasteiger partial charge in [-0.15, -0.1) is 0 Å². The van der Waals surface area contributed by atoms with Gasteiger partial charge in [0.1, 0.15) is 13.2 Å². The molecule has 0 saturated heterocycles. The number of nitrogens with zero attached hydrogens (tertiary/aromatic N) is 1. The molecule has 1 fully saturated rings. The van der Waals surface area contributed by atoms with Crippen molar-refractivity contribution in [2.24, 2.45) is 5.92 Å². The summed E-state index contributed by atoms with van der Waals surface area (Å²) in [6, 6.07) is 16.1. The maximum atomic E-state index is 12.6. The van der Waals surface area contributed by atoms with Crippen molar-refractivity contribution in [3.8, 4) is 11.1 Å². The number of nitrogens with one attached hydrogen (secondary N) is 1. The standard InChI is InChI=1S/C25H28N2O6/c1-32-11-10-27(14-23(28)29)24(30)16-12-17(13-16)26-25(31)33-15-22-20-8-4-2-6-18(20)19-7-3-5-9-21(19)22/h2-9,16-17,22H,10-15H2,1H3,(H,26,31)(H,28,29). The van der Waals surface area contributed by atoms with Gasteiger partial charge in [0.15, 0.2) is 0 Å². The molecule has 2 aromatic rings. The van der Waals surface area contributed by atoms with E-state index in [1.807, 2.05) is 24.3 Å². The lowest BCUT2D eigenvalue weighted by Gasteiger charge is -2.37. The number of carbonyl (C=O) groups excluding carboxylic acids is 2. The summed E-state index contributed by atoms with van der Waals surface area (Å²) in [5, 5.41) is 11.9. The Labute approximate surface area is 192 Å². The van der Waals surface area contributed by atoms with Crippen LogP contribution in [0.4, 0.5) is 4.79 Å². The molecule has 2 aliphatic rings. The first-order valence-electron chi connectivity index (χ1n) is 11.1. The Balaban J connectivity index is 1.27. The fraction of sp³-hybridized carbons (Fsp3) is 0.400. The fourth-order valence-electron chi connectivity index (χ4n) is 4.63. The van der Waals surface area contributed by atoms with Crippen LogP contribution in [0.15, 0.2) is 48.5 Å². The number of fused-ring (bicyclic) bond motifs is 3. The molecule has 0 atom stereocenters. The van der Waals surface area contributed by atoms with Gasteiger partial charge in [-0.2, -0.15) is 0 Å². The largest absolute Gasteiger partial charge is 0.480 e. The third kappa shape index (κ3) is 5.01. The Kier molecular flexibility index (Phi) is 6.93. The molecule has 0 unspecified atom stereocenters. The average Bonchev–Trinajstić information content (AvgIpc) is 3.10. The van der Waals surface area contributed by atoms with E-state index in [2.05, 4.69) is 29.6 Å². The predicted molar refractivity (Wildman–Crippen MR) is 121 cm³/mol. The van der Waals surface area contributed by atoms with Crippen molar-refractivity contribution in [1.29, 1.82) is 0 Å². The zero-order chi connectivity index (χ0) is 23.4. The van der Waals surface area contributed by atoms with Gasteiger partial charge in [0, 0.05) is 31.5 Å². The van der Waals surface area contributed by atoms with E-state index in [9.17, 15) is 14.4 Å². The van der Waals surface area contributed by atoms with Crippen molar-refractivity contribution >= 4 is 18.0 Å². The van der Waals surface area contributed by atoms with Gasteiger partial charge in [-0.05, 0) is 35.1 Å². The van der Waals surface area contributed by atoms with Gasteiger partial charge in [0.05, 0.1) is 6.61 Å². The molecule has 0 aromatic heterocycles. The highest BCUT2D eigenvalue weighted by molar-refractivity contribution is 5.84. The molecule has 2 amide bonds. The van der Waals surface area contributed by atoms with Crippen LogP contribution in [-0.4, -0.2) is 67.4 Å². The van der Waals surface area contributed by atoms with E-state index in [-0.39, 0.29) is 50.1 Å². The van der Waals surface area contributed by atoms with Crippen molar-refractivity contribution < 1.29 is 29.0 Å². The lowest BCUT2D eigenvalue weighted by molar-refractivity contribution is -0.148. The van der Waals surface area contributed by atoms with Crippen LogP contribution < -0.4 is 5.32 Å². The first-order chi connectivity index (χ1) is 16.0. The maximum absolute atomic E-state index is 12.6. The number of rotatable bonds is 9. The predicted octanol–water partition coefficient (Wildman–Crippen LogP) is 2.86. The normalized spacial score (nSPS) is 18.6. The monoisotopic (exact) mass is 452 g/mol. The highest BCUT2D eigenvalue weighted by Crippen LogP contribution is 2.44. The Morgan fingerprint density at radius 1 is 1.03 bits per heavy atom. The topological polar surface area (TPSA) is 105 Å². The molecule has 174 valence electrons. The Bertz CT molecular complexity index is 988. The number of carbonyl (C=O) groups is 3. The highest BCUT2D eigenvalue weighted by atomic mass is 16.5. The molecule has 1 saturated carbocycles. The van der Waals surface area contributed by atoms with Crippen LogP contribution in [0.1, 0.15) is 29.9 Å². The lowest BCUT2D eigenvalue weighted by atomic mass is 9.79. The number of benzene rings is 2. The molecule has 33 heavy (non-hydrogen) atoms. The summed E-state index contributed by atoms with van der Waals surface area (Å²) in [7, 11) is 1.50. The van der Waals surface area contributed by atoms with Crippen molar-refractivity contribution in [3.05, 3.63) is 59.7 Å². The number of amides is 2.